The topological polar surface area (TPSA) is 89.2 Å². The fourth-order valence-electron chi connectivity index (χ4n) is 2.88. The van der Waals surface area contributed by atoms with Crippen LogP contribution in [0, 0.1) is 22.7 Å². The molecule has 2 aromatic carbocycles. The van der Waals surface area contributed by atoms with Crippen LogP contribution in [0.25, 0.3) is 0 Å². The van der Waals surface area contributed by atoms with Crippen LogP contribution in [0.5, 0.6) is 0 Å². The molecule has 1 fully saturated rings. The molecule has 1 heterocycles. The quantitative estimate of drug-likeness (QED) is 0.917. The lowest BCUT2D eigenvalue weighted by Crippen LogP contribution is -2.47. The van der Waals surface area contributed by atoms with E-state index in [9.17, 15) is 4.79 Å². The highest BCUT2D eigenvalue weighted by atomic mass is 16.5. The van der Waals surface area contributed by atoms with Gasteiger partial charge in [0.2, 0.25) is 0 Å². The first-order chi connectivity index (χ1) is 12.7. The average molecular weight is 346 g/mol. The van der Waals surface area contributed by atoms with E-state index < -0.39 is 6.10 Å². The van der Waals surface area contributed by atoms with Crippen LogP contribution in [0.4, 0.5) is 5.69 Å². The smallest absolute Gasteiger partial charge is 0.254 e. The molecule has 0 bridgehead atoms. The van der Waals surface area contributed by atoms with E-state index >= 15 is 0 Å². The molecule has 3 rings (SSSR count). The van der Waals surface area contributed by atoms with E-state index in [0.717, 1.165) is 13.1 Å². The second-order valence-electron chi connectivity index (χ2n) is 6.05. The molecule has 26 heavy (non-hydrogen) atoms. The third-order valence-electron chi connectivity index (χ3n) is 4.22. The Labute approximate surface area is 152 Å². The minimum absolute atomic E-state index is 0.237. The Hall–Kier alpha value is -3.19. The van der Waals surface area contributed by atoms with Crippen molar-refractivity contribution in [3.63, 3.8) is 0 Å². The van der Waals surface area contributed by atoms with Crippen molar-refractivity contribution in [3.05, 3.63) is 65.2 Å². The molecule has 1 saturated heterocycles. The van der Waals surface area contributed by atoms with Crippen molar-refractivity contribution < 1.29 is 9.53 Å². The third-order valence-corrected chi connectivity index (χ3v) is 4.22. The summed E-state index contributed by atoms with van der Waals surface area (Å²) in [6.45, 7) is 2.53. The number of benzene rings is 2. The second kappa shape index (κ2) is 8.26. The maximum atomic E-state index is 12.5. The Kier molecular flexibility index (Phi) is 5.60. The molecule has 0 aliphatic carbocycles. The third kappa shape index (κ3) is 4.25. The van der Waals surface area contributed by atoms with Gasteiger partial charge in [-0.25, -0.2) is 0 Å². The van der Waals surface area contributed by atoms with Gasteiger partial charge in [0.25, 0.3) is 5.91 Å². The van der Waals surface area contributed by atoms with E-state index in [4.69, 9.17) is 15.3 Å². The fraction of sp³-hybridized carbons (Fsp3) is 0.250. The average Bonchev–Trinajstić information content (AvgIpc) is 2.69. The molecule has 6 nitrogen and oxygen atoms in total. The first-order valence-electron chi connectivity index (χ1n) is 8.32. The maximum Gasteiger partial charge on any atom is 0.254 e. The number of morpholine rings is 1. The highest BCUT2D eigenvalue weighted by Crippen LogP contribution is 2.17. The summed E-state index contributed by atoms with van der Waals surface area (Å²) in [5.74, 6) is -0.253. The Bertz CT molecular complexity index is 868. The van der Waals surface area contributed by atoms with Gasteiger partial charge in [-0.2, -0.15) is 10.5 Å². The zero-order valence-corrected chi connectivity index (χ0v) is 14.2. The number of amides is 1. The maximum absolute atomic E-state index is 12.5. The van der Waals surface area contributed by atoms with Gasteiger partial charge in [-0.1, -0.05) is 30.3 Å². The van der Waals surface area contributed by atoms with Gasteiger partial charge < -0.3 is 10.1 Å². The molecule has 0 radical (unpaired) electrons. The van der Waals surface area contributed by atoms with E-state index in [0.29, 0.717) is 18.8 Å². The molecule has 2 aromatic rings. The van der Waals surface area contributed by atoms with Gasteiger partial charge in [0.15, 0.2) is 0 Å². The number of hydrogen-bond acceptors (Lipinski definition) is 5. The van der Waals surface area contributed by atoms with Crippen LogP contribution in [0.3, 0.4) is 0 Å². The molecule has 1 amide bonds. The van der Waals surface area contributed by atoms with E-state index in [2.05, 4.69) is 22.3 Å². The highest BCUT2D eigenvalue weighted by Gasteiger charge is 2.26. The number of carbonyl (C=O) groups is 1. The summed E-state index contributed by atoms with van der Waals surface area (Å²) in [5.41, 5.74) is 2.20. The number of hydrogen-bond donors (Lipinski definition) is 1. The predicted octanol–water partition coefficient (Wildman–Crippen LogP) is 2.27. The summed E-state index contributed by atoms with van der Waals surface area (Å²) in [6, 6.07) is 18.6. The van der Waals surface area contributed by atoms with Gasteiger partial charge in [-0.3, -0.25) is 9.69 Å². The molecular weight excluding hydrogens is 328 g/mol. The largest absolute Gasteiger partial charge is 0.366 e. The Morgan fingerprint density at radius 1 is 1.15 bits per heavy atom. The van der Waals surface area contributed by atoms with Gasteiger partial charge in [0.1, 0.15) is 18.2 Å². The molecule has 0 unspecified atom stereocenters. The van der Waals surface area contributed by atoms with Gasteiger partial charge in [-0.05, 0) is 23.8 Å². The predicted molar refractivity (Wildman–Crippen MR) is 96.0 cm³/mol. The van der Waals surface area contributed by atoms with Crippen molar-refractivity contribution in [1.82, 2.24) is 4.90 Å². The van der Waals surface area contributed by atoms with E-state index in [1.807, 2.05) is 30.3 Å². The first kappa shape index (κ1) is 17.6. The zero-order valence-electron chi connectivity index (χ0n) is 14.2. The number of nitrogens with zero attached hydrogens (tertiary/aromatic N) is 3. The molecular formula is C20H18N4O2. The Balaban J connectivity index is 1.63. The molecule has 6 heteroatoms. The molecule has 1 N–H and O–H groups in total. The molecule has 1 atom stereocenters. The normalized spacial score (nSPS) is 17.1. The van der Waals surface area contributed by atoms with Crippen molar-refractivity contribution in [2.75, 3.05) is 25.0 Å². The number of nitriles is 2. The minimum Gasteiger partial charge on any atom is -0.366 e. The standard InChI is InChI=1S/C20H18N4O2/c21-11-16-6-7-18(10-17(16)12-22)23-20(25)19-14-24(8-9-26-19)13-15-4-2-1-3-5-15/h1-7,10,19H,8-9,13-14H2,(H,23,25)/t19-/m0/s1. The number of ether oxygens (including phenoxy) is 1. The highest BCUT2D eigenvalue weighted by molar-refractivity contribution is 5.94. The lowest BCUT2D eigenvalue weighted by atomic mass is 10.1. The minimum atomic E-state index is -0.575. The van der Waals surface area contributed by atoms with Crippen molar-refractivity contribution >= 4 is 11.6 Å². The summed E-state index contributed by atoms with van der Waals surface area (Å²) in [6.07, 6.45) is -0.575. The lowest BCUT2D eigenvalue weighted by Gasteiger charge is -2.32. The number of carbonyl (C=O) groups excluding carboxylic acids is 1. The SMILES string of the molecule is N#Cc1ccc(NC(=O)[C@@H]2CN(Cc3ccccc3)CCO2)cc1C#N. The van der Waals surface area contributed by atoms with Crippen LogP contribution in [0.2, 0.25) is 0 Å². The second-order valence-corrected chi connectivity index (χ2v) is 6.05. The van der Waals surface area contributed by atoms with Crippen LogP contribution in [-0.2, 0) is 16.1 Å². The first-order valence-corrected chi connectivity index (χ1v) is 8.32. The summed E-state index contributed by atoms with van der Waals surface area (Å²) in [7, 11) is 0. The summed E-state index contributed by atoms with van der Waals surface area (Å²) < 4.78 is 5.61. The number of nitrogens with one attached hydrogen (secondary N) is 1. The van der Waals surface area contributed by atoms with E-state index in [-0.39, 0.29) is 17.0 Å². The summed E-state index contributed by atoms with van der Waals surface area (Å²) in [4.78, 5) is 14.7. The van der Waals surface area contributed by atoms with Crippen LogP contribution in [0.15, 0.2) is 48.5 Å². The van der Waals surface area contributed by atoms with Crippen molar-refractivity contribution in [2.24, 2.45) is 0 Å². The van der Waals surface area contributed by atoms with Crippen LogP contribution in [0.1, 0.15) is 16.7 Å². The Morgan fingerprint density at radius 3 is 2.65 bits per heavy atom. The fourth-order valence-corrected chi connectivity index (χ4v) is 2.88. The van der Waals surface area contributed by atoms with Crippen molar-refractivity contribution in [2.45, 2.75) is 12.6 Å². The number of rotatable bonds is 4. The molecule has 0 saturated carbocycles. The summed E-state index contributed by atoms with van der Waals surface area (Å²) >= 11 is 0. The molecule has 1 aliphatic rings. The lowest BCUT2D eigenvalue weighted by molar-refractivity contribution is -0.133. The van der Waals surface area contributed by atoms with Crippen LogP contribution >= 0.6 is 0 Å². The van der Waals surface area contributed by atoms with Crippen molar-refractivity contribution in [3.8, 4) is 12.1 Å². The van der Waals surface area contributed by atoms with E-state index in [1.165, 1.54) is 17.7 Å². The molecule has 0 aromatic heterocycles. The van der Waals surface area contributed by atoms with Gasteiger partial charge >= 0.3 is 0 Å². The van der Waals surface area contributed by atoms with Crippen LogP contribution < -0.4 is 5.32 Å². The van der Waals surface area contributed by atoms with E-state index in [1.54, 1.807) is 6.07 Å². The van der Waals surface area contributed by atoms with Crippen molar-refractivity contribution in [1.29, 1.82) is 10.5 Å². The molecule has 0 spiro atoms. The zero-order chi connectivity index (χ0) is 18.4. The Morgan fingerprint density at radius 2 is 1.92 bits per heavy atom. The summed E-state index contributed by atoms with van der Waals surface area (Å²) in [5, 5.41) is 20.8. The van der Waals surface area contributed by atoms with Gasteiger partial charge in [-0.15, -0.1) is 0 Å². The molecule has 1 aliphatic heterocycles. The number of anilines is 1. The monoisotopic (exact) mass is 346 g/mol. The van der Waals surface area contributed by atoms with Crippen LogP contribution in [-0.4, -0.2) is 36.6 Å². The van der Waals surface area contributed by atoms with Gasteiger partial charge in [0, 0.05) is 25.3 Å². The van der Waals surface area contributed by atoms with Gasteiger partial charge in [0.05, 0.1) is 17.7 Å². The molecule has 130 valence electrons.